The lowest BCUT2D eigenvalue weighted by atomic mass is 9.86. The van der Waals surface area contributed by atoms with E-state index in [-0.39, 0.29) is 11.2 Å². The molecular formula is C24H25N3. The van der Waals surface area contributed by atoms with Gasteiger partial charge in [0, 0.05) is 11.1 Å². The molecule has 0 bridgehead atoms. The van der Waals surface area contributed by atoms with Crippen LogP contribution in [-0.2, 0) is 5.41 Å². The van der Waals surface area contributed by atoms with Crippen LogP contribution in [0.25, 0.3) is 22.4 Å². The molecule has 3 aromatic rings. The zero-order chi connectivity index (χ0) is 19.8. The van der Waals surface area contributed by atoms with Crippen molar-refractivity contribution in [3.8, 4) is 28.5 Å². The summed E-state index contributed by atoms with van der Waals surface area (Å²) < 4.78 is 0. The molecule has 3 nitrogen and oxygen atoms in total. The number of benzene rings is 2. The predicted octanol–water partition coefficient (Wildman–Crippen LogP) is 5.78. The van der Waals surface area contributed by atoms with Crippen molar-refractivity contribution in [1.82, 2.24) is 4.98 Å². The van der Waals surface area contributed by atoms with E-state index in [1.54, 1.807) is 0 Å². The van der Waals surface area contributed by atoms with Gasteiger partial charge in [-0.25, -0.2) is 4.98 Å². The molecule has 27 heavy (non-hydrogen) atoms. The van der Waals surface area contributed by atoms with Crippen LogP contribution in [0.2, 0.25) is 0 Å². The molecule has 136 valence electrons. The third kappa shape index (κ3) is 3.71. The molecule has 0 unspecified atom stereocenters. The van der Waals surface area contributed by atoms with Crippen LogP contribution in [0.4, 0.5) is 5.82 Å². The molecule has 0 aliphatic heterocycles. The Morgan fingerprint density at radius 3 is 2.19 bits per heavy atom. The highest BCUT2D eigenvalue weighted by molar-refractivity contribution is 5.81. The van der Waals surface area contributed by atoms with Crippen molar-refractivity contribution in [3.05, 3.63) is 70.8 Å². The Balaban J connectivity index is 2.19. The summed E-state index contributed by atoms with van der Waals surface area (Å²) in [6.45, 7) is 10.7. The molecule has 0 saturated heterocycles. The fraction of sp³-hybridized carbons (Fsp3) is 0.250. The molecule has 0 amide bonds. The first kappa shape index (κ1) is 18.7. The molecular weight excluding hydrogens is 330 g/mol. The van der Waals surface area contributed by atoms with Crippen LogP contribution in [0.3, 0.4) is 0 Å². The molecule has 2 N–H and O–H groups in total. The standard InChI is InChI=1S/C24H25N3/c1-15-6-7-16(2)19(12-15)22-13-20(21(14-25)23(26)27-22)17-8-10-18(11-9-17)24(3,4)5/h6-13H,1-5H3,(H2,26,27). The van der Waals surface area contributed by atoms with E-state index in [1.807, 2.05) is 6.07 Å². The minimum absolute atomic E-state index is 0.0810. The molecule has 0 fully saturated rings. The second-order valence-corrected chi connectivity index (χ2v) is 8.07. The Morgan fingerprint density at radius 2 is 1.59 bits per heavy atom. The van der Waals surface area contributed by atoms with Crippen LogP contribution >= 0.6 is 0 Å². The highest BCUT2D eigenvalue weighted by atomic mass is 14.8. The van der Waals surface area contributed by atoms with Gasteiger partial charge >= 0.3 is 0 Å². The average Bonchev–Trinajstić information content (AvgIpc) is 2.62. The number of hydrogen-bond donors (Lipinski definition) is 1. The molecule has 1 heterocycles. The third-order valence-corrected chi connectivity index (χ3v) is 4.89. The summed E-state index contributed by atoms with van der Waals surface area (Å²) in [4.78, 5) is 4.51. The summed E-state index contributed by atoms with van der Waals surface area (Å²) in [6.07, 6.45) is 0. The van der Waals surface area contributed by atoms with Crippen molar-refractivity contribution in [2.75, 3.05) is 5.73 Å². The van der Waals surface area contributed by atoms with Gasteiger partial charge in [-0.15, -0.1) is 0 Å². The van der Waals surface area contributed by atoms with Gasteiger partial charge in [0.1, 0.15) is 17.5 Å². The monoisotopic (exact) mass is 355 g/mol. The van der Waals surface area contributed by atoms with Gasteiger partial charge in [0.2, 0.25) is 0 Å². The maximum atomic E-state index is 9.63. The van der Waals surface area contributed by atoms with E-state index < -0.39 is 0 Å². The van der Waals surface area contributed by atoms with Gasteiger partial charge in [-0.05, 0) is 48.1 Å². The van der Waals surface area contributed by atoms with Crippen LogP contribution in [0.1, 0.15) is 43.0 Å². The number of aromatic nitrogens is 1. The fourth-order valence-corrected chi connectivity index (χ4v) is 3.21. The van der Waals surface area contributed by atoms with Crippen LogP contribution < -0.4 is 5.73 Å². The van der Waals surface area contributed by atoms with Crippen molar-refractivity contribution in [2.24, 2.45) is 0 Å². The Hall–Kier alpha value is -3.12. The minimum atomic E-state index is 0.0810. The van der Waals surface area contributed by atoms with Crippen LogP contribution in [-0.4, -0.2) is 4.98 Å². The lowest BCUT2D eigenvalue weighted by Crippen LogP contribution is -2.10. The number of nitrogen functional groups attached to an aromatic ring is 1. The highest BCUT2D eigenvalue weighted by Gasteiger charge is 2.17. The van der Waals surface area contributed by atoms with Crippen LogP contribution in [0.5, 0.6) is 0 Å². The number of pyridine rings is 1. The zero-order valence-corrected chi connectivity index (χ0v) is 16.6. The highest BCUT2D eigenvalue weighted by Crippen LogP contribution is 2.33. The third-order valence-electron chi connectivity index (χ3n) is 4.89. The van der Waals surface area contributed by atoms with Crippen molar-refractivity contribution < 1.29 is 0 Å². The normalized spacial score (nSPS) is 11.3. The van der Waals surface area contributed by atoms with Gasteiger partial charge in [0.25, 0.3) is 0 Å². The van der Waals surface area contributed by atoms with E-state index in [2.05, 4.69) is 88.1 Å². The lowest BCUT2D eigenvalue weighted by Gasteiger charge is -2.19. The maximum absolute atomic E-state index is 9.63. The van der Waals surface area contributed by atoms with Gasteiger partial charge in [-0.1, -0.05) is 62.7 Å². The number of rotatable bonds is 2. The average molecular weight is 355 g/mol. The van der Waals surface area contributed by atoms with Crippen molar-refractivity contribution >= 4 is 5.82 Å². The summed E-state index contributed by atoms with van der Waals surface area (Å²) in [5.41, 5.74) is 13.8. The first-order valence-corrected chi connectivity index (χ1v) is 9.10. The Morgan fingerprint density at radius 1 is 0.926 bits per heavy atom. The number of nitrogens with zero attached hydrogens (tertiary/aromatic N) is 2. The van der Waals surface area contributed by atoms with Crippen molar-refractivity contribution in [1.29, 1.82) is 5.26 Å². The molecule has 3 rings (SSSR count). The molecule has 0 aliphatic carbocycles. The van der Waals surface area contributed by atoms with Crippen molar-refractivity contribution in [2.45, 2.75) is 40.0 Å². The summed E-state index contributed by atoms with van der Waals surface area (Å²) in [5, 5.41) is 9.63. The smallest absolute Gasteiger partial charge is 0.142 e. The molecule has 3 heteroatoms. The topological polar surface area (TPSA) is 62.7 Å². The molecule has 0 atom stereocenters. The summed E-state index contributed by atoms with van der Waals surface area (Å²) in [6, 6.07) is 18.8. The molecule has 2 aromatic carbocycles. The predicted molar refractivity (Wildman–Crippen MR) is 112 cm³/mol. The summed E-state index contributed by atoms with van der Waals surface area (Å²) in [7, 11) is 0. The molecule has 0 radical (unpaired) electrons. The fourth-order valence-electron chi connectivity index (χ4n) is 3.21. The molecule has 1 aromatic heterocycles. The van der Waals surface area contributed by atoms with Gasteiger partial charge in [0.15, 0.2) is 0 Å². The molecule has 0 saturated carbocycles. The Kier molecular flexibility index (Phi) is 4.76. The Bertz CT molecular complexity index is 1030. The first-order valence-electron chi connectivity index (χ1n) is 9.10. The minimum Gasteiger partial charge on any atom is -0.383 e. The number of hydrogen-bond acceptors (Lipinski definition) is 3. The van der Waals surface area contributed by atoms with Crippen LogP contribution in [0.15, 0.2) is 48.5 Å². The number of nitrogens with two attached hydrogens (primary N) is 1. The van der Waals surface area contributed by atoms with E-state index in [1.165, 1.54) is 5.56 Å². The second-order valence-electron chi connectivity index (χ2n) is 8.07. The van der Waals surface area contributed by atoms with Crippen LogP contribution in [0, 0.1) is 25.2 Å². The van der Waals surface area contributed by atoms with E-state index in [0.717, 1.165) is 33.5 Å². The maximum Gasteiger partial charge on any atom is 0.142 e. The first-order chi connectivity index (χ1) is 12.7. The summed E-state index contributed by atoms with van der Waals surface area (Å²) in [5.74, 6) is 0.269. The van der Waals surface area contributed by atoms with Gasteiger partial charge < -0.3 is 5.73 Å². The van der Waals surface area contributed by atoms with E-state index in [9.17, 15) is 5.26 Å². The number of aryl methyl sites for hydroxylation is 2. The largest absolute Gasteiger partial charge is 0.383 e. The van der Waals surface area contributed by atoms with E-state index in [0.29, 0.717) is 5.56 Å². The van der Waals surface area contributed by atoms with Gasteiger partial charge in [-0.2, -0.15) is 5.26 Å². The number of nitriles is 1. The van der Waals surface area contributed by atoms with E-state index >= 15 is 0 Å². The lowest BCUT2D eigenvalue weighted by molar-refractivity contribution is 0.590. The quantitative estimate of drug-likeness (QED) is 0.633. The van der Waals surface area contributed by atoms with Gasteiger partial charge in [0.05, 0.1) is 5.69 Å². The number of anilines is 1. The summed E-state index contributed by atoms with van der Waals surface area (Å²) >= 11 is 0. The van der Waals surface area contributed by atoms with Gasteiger partial charge in [-0.3, -0.25) is 0 Å². The van der Waals surface area contributed by atoms with E-state index in [4.69, 9.17) is 5.73 Å². The van der Waals surface area contributed by atoms with Crippen molar-refractivity contribution in [3.63, 3.8) is 0 Å². The zero-order valence-electron chi connectivity index (χ0n) is 16.6. The molecule has 0 spiro atoms. The molecule has 0 aliphatic rings. The second kappa shape index (κ2) is 6.89. The SMILES string of the molecule is Cc1ccc(C)c(-c2cc(-c3ccc(C(C)(C)C)cc3)c(C#N)c(N)n2)c1. The Labute approximate surface area is 161 Å².